The van der Waals surface area contributed by atoms with Crippen LogP contribution in [0.1, 0.15) is 46.0 Å². The first kappa shape index (κ1) is 9.47. The highest BCUT2D eigenvalue weighted by molar-refractivity contribution is 4.95. The van der Waals surface area contributed by atoms with E-state index >= 15 is 0 Å². The van der Waals surface area contributed by atoms with Crippen LogP contribution in [-0.4, -0.2) is 24.3 Å². The van der Waals surface area contributed by atoms with Gasteiger partial charge in [0, 0.05) is 11.6 Å². The van der Waals surface area contributed by atoms with E-state index in [1.54, 1.807) is 0 Å². The molecule has 0 aromatic heterocycles. The molecule has 3 unspecified atom stereocenters. The summed E-state index contributed by atoms with van der Waals surface area (Å²) in [6.45, 7) is 5.40. The molecule has 1 heterocycles. The zero-order valence-electron chi connectivity index (χ0n) is 8.81. The molecular weight excluding hydrogens is 162 g/mol. The van der Waals surface area contributed by atoms with Crippen molar-refractivity contribution in [3.8, 4) is 0 Å². The number of hydrogen-bond acceptors (Lipinski definition) is 2. The Morgan fingerprint density at radius 1 is 1.38 bits per heavy atom. The first-order valence-electron chi connectivity index (χ1n) is 5.63. The Kier molecular flexibility index (Phi) is 2.61. The van der Waals surface area contributed by atoms with Crippen LogP contribution >= 0.6 is 0 Å². The molecule has 0 amide bonds. The maximum Gasteiger partial charge on any atom is 0.0729 e. The highest BCUT2D eigenvalue weighted by Crippen LogP contribution is 2.28. The van der Waals surface area contributed by atoms with Crippen molar-refractivity contribution in [2.24, 2.45) is 0 Å². The lowest BCUT2D eigenvalue weighted by Gasteiger charge is -2.45. The summed E-state index contributed by atoms with van der Waals surface area (Å²) in [5, 5.41) is 3.76. The molecule has 2 nitrogen and oxygen atoms in total. The molecule has 1 saturated carbocycles. The highest BCUT2D eigenvalue weighted by atomic mass is 16.5. The molecule has 2 rings (SSSR count). The summed E-state index contributed by atoms with van der Waals surface area (Å²) in [6.07, 6.45) is 6.96. The van der Waals surface area contributed by atoms with E-state index in [1.807, 2.05) is 0 Å². The van der Waals surface area contributed by atoms with Crippen LogP contribution in [0.3, 0.4) is 0 Å². The first-order valence-corrected chi connectivity index (χ1v) is 5.63. The van der Waals surface area contributed by atoms with E-state index in [2.05, 4.69) is 19.2 Å². The van der Waals surface area contributed by atoms with Gasteiger partial charge in [-0.2, -0.15) is 0 Å². The Bertz CT molecular complexity index is 183. The van der Waals surface area contributed by atoms with E-state index in [9.17, 15) is 0 Å². The average Bonchev–Trinajstić information content (AvgIpc) is 2.18. The normalized spacial score (nSPS) is 45.7. The Hall–Kier alpha value is -0.0800. The second kappa shape index (κ2) is 3.58. The van der Waals surface area contributed by atoms with Crippen molar-refractivity contribution in [3.63, 3.8) is 0 Å². The van der Waals surface area contributed by atoms with Gasteiger partial charge in [0.1, 0.15) is 0 Å². The monoisotopic (exact) mass is 183 g/mol. The third-order valence-corrected chi connectivity index (χ3v) is 3.63. The molecule has 13 heavy (non-hydrogen) atoms. The van der Waals surface area contributed by atoms with Gasteiger partial charge in [0.25, 0.3) is 0 Å². The highest BCUT2D eigenvalue weighted by Gasteiger charge is 2.37. The lowest BCUT2D eigenvalue weighted by molar-refractivity contribution is -0.0738. The van der Waals surface area contributed by atoms with Gasteiger partial charge in [0.2, 0.25) is 0 Å². The summed E-state index contributed by atoms with van der Waals surface area (Å²) in [5.74, 6) is 0. The third kappa shape index (κ3) is 1.89. The van der Waals surface area contributed by atoms with Crippen LogP contribution in [-0.2, 0) is 4.74 Å². The molecule has 76 valence electrons. The number of ether oxygens (including phenoxy) is 1. The molecule has 1 aliphatic carbocycles. The summed E-state index contributed by atoms with van der Waals surface area (Å²) >= 11 is 0. The lowest BCUT2D eigenvalue weighted by Crippen LogP contribution is -2.61. The van der Waals surface area contributed by atoms with Crippen molar-refractivity contribution in [1.82, 2.24) is 5.32 Å². The van der Waals surface area contributed by atoms with Crippen molar-refractivity contribution in [2.75, 3.05) is 6.61 Å². The zero-order valence-corrected chi connectivity index (χ0v) is 8.81. The van der Waals surface area contributed by atoms with Crippen LogP contribution in [0.4, 0.5) is 0 Å². The molecule has 3 atom stereocenters. The largest absolute Gasteiger partial charge is 0.375 e. The summed E-state index contributed by atoms with van der Waals surface area (Å²) in [6, 6.07) is 0.632. The fraction of sp³-hybridized carbons (Fsp3) is 1.00. The minimum absolute atomic E-state index is 0.235. The maximum absolute atomic E-state index is 5.93. The van der Waals surface area contributed by atoms with Gasteiger partial charge >= 0.3 is 0 Å². The number of morpholine rings is 1. The van der Waals surface area contributed by atoms with Crippen molar-refractivity contribution < 1.29 is 4.74 Å². The van der Waals surface area contributed by atoms with Crippen molar-refractivity contribution in [2.45, 2.75) is 63.6 Å². The van der Waals surface area contributed by atoms with Crippen molar-refractivity contribution in [3.05, 3.63) is 0 Å². The Morgan fingerprint density at radius 3 is 2.92 bits per heavy atom. The van der Waals surface area contributed by atoms with Gasteiger partial charge in [0.05, 0.1) is 12.7 Å². The second-order valence-electron chi connectivity index (χ2n) is 4.80. The SMILES string of the molecule is CCC1(C)COC2CCCCC2N1. The predicted molar refractivity (Wildman–Crippen MR) is 53.8 cm³/mol. The van der Waals surface area contributed by atoms with E-state index in [4.69, 9.17) is 4.74 Å². The first-order chi connectivity index (χ1) is 6.23. The van der Waals surface area contributed by atoms with Gasteiger partial charge in [-0.15, -0.1) is 0 Å². The molecule has 1 saturated heterocycles. The van der Waals surface area contributed by atoms with E-state index in [1.165, 1.54) is 25.7 Å². The molecular formula is C11H21NO. The fourth-order valence-corrected chi connectivity index (χ4v) is 2.45. The number of nitrogens with one attached hydrogen (secondary N) is 1. The fourth-order valence-electron chi connectivity index (χ4n) is 2.45. The molecule has 1 N–H and O–H groups in total. The smallest absolute Gasteiger partial charge is 0.0729 e. The number of rotatable bonds is 1. The quantitative estimate of drug-likeness (QED) is 0.672. The zero-order chi connectivity index (χ0) is 9.31. The van der Waals surface area contributed by atoms with Gasteiger partial charge < -0.3 is 10.1 Å². The number of fused-ring (bicyclic) bond motifs is 1. The summed E-state index contributed by atoms with van der Waals surface area (Å²) in [5.41, 5.74) is 0.235. The van der Waals surface area contributed by atoms with Gasteiger partial charge in [-0.3, -0.25) is 0 Å². The van der Waals surface area contributed by atoms with Crippen molar-refractivity contribution >= 4 is 0 Å². The summed E-state index contributed by atoms with van der Waals surface area (Å²) < 4.78 is 5.93. The molecule has 0 spiro atoms. The molecule has 0 aromatic rings. The molecule has 0 radical (unpaired) electrons. The van der Waals surface area contributed by atoms with E-state index in [0.29, 0.717) is 12.1 Å². The van der Waals surface area contributed by atoms with Gasteiger partial charge in [0.15, 0.2) is 0 Å². The molecule has 2 heteroatoms. The van der Waals surface area contributed by atoms with Gasteiger partial charge in [-0.25, -0.2) is 0 Å². The third-order valence-electron chi connectivity index (χ3n) is 3.63. The van der Waals surface area contributed by atoms with Crippen LogP contribution < -0.4 is 5.32 Å². The van der Waals surface area contributed by atoms with Crippen LogP contribution in [0.25, 0.3) is 0 Å². The minimum atomic E-state index is 0.235. The standard InChI is InChI=1S/C11H21NO/c1-3-11(2)8-13-10-7-5-4-6-9(10)12-11/h9-10,12H,3-8H2,1-2H3. The minimum Gasteiger partial charge on any atom is -0.375 e. The average molecular weight is 183 g/mol. The van der Waals surface area contributed by atoms with Gasteiger partial charge in [-0.05, 0) is 26.2 Å². The molecule has 1 aliphatic heterocycles. The predicted octanol–water partition coefficient (Wildman–Crippen LogP) is 2.09. The maximum atomic E-state index is 5.93. The van der Waals surface area contributed by atoms with E-state index in [0.717, 1.165) is 13.0 Å². The molecule has 0 bridgehead atoms. The van der Waals surface area contributed by atoms with E-state index in [-0.39, 0.29) is 5.54 Å². The Labute approximate surface area is 81.0 Å². The van der Waals surface area contributed by atoms with E-state index < -0.39 is 0 Å². The lowest BCUT2D eigenvalue weighted by atomic mass is 9.86. The molecule has 2 aliphatic rings. The Balaban J connectivity index is 1.98. The summed E-state index contributed by atoms with van der Waals surface area (Å²) in [4.78, 5) is 0. The Morgan fingerprint density at radius 2 is 2.15 bits per heavy atom. The van der Waals surface area contributed by atoms with Crippen LogP contribution in [0.2, 0.25) is 0 Å². The molecule has 0 aromatic carbocycles. The topological polar surface area (TPSA) is 21.3 Å². The summed E-state index contributed by atoms with van der Waals surface area (Å²) in [7, 11) is 0. The van der Waals surface area contributed by atoms with Gasteiger partial charge in [-0.1, -0.05) is 19.8 Å². The van der Waals surface area contributed by atoms with Crippen LogP contribution in [0, 0.1) is 0 Å². The number of hydrogen-bond donors (Lipinski definition) is 1. The van der Waals surface area contributed by atoms with Crippen LogP contribution in [0.15, 0.2) is 0 Å². The molecule has 2 fully saturated rings. The second-order valence-corrected chi connectivity index (χ2v) is 4.80. The van der Waals surface area contributed by atoms with Crippen molar-refractivity contribution in [1.29, 1.82) is 0 Å². The van der Waals surface area contributed by atoms with Crippen LogP contribution in [0.5, 0.6) is 0 Å².